The van der Waals surface area contributed by atoms with E-state index in [1.807, 2.05) is 16.3 Å². The molecular formula is C12H16INO2S. The first-order chi connectivity index (χ1) is 8.22. The molecule has 0 spiro atoms. The minimum atomic E-state index is 0.0451. The molecule has 1 heterocycles. The fraction of sp³-hybridized carbons (Fsp3) is 0.583. The third-order valence-corrected chi connectivity index (χ3v) is 4.97. The van der Waals surface area contributed by atoms with E-state index < -0.39 is 0 Å². The first-order valence-electron chi connectivity index (χ1n) is 5.88. The van der Waals surface area contributed by atoms with Crippen LogP contribution in [0.3, 0.4) is 0 Å². The van der Waals surface area contributed by atoms with Crippen LogP contribution in [0.1, 0.15) is 36.0 Å². The minimum Gasteiger partial charge on any atom is -0.395 e. The van der Waals surface area contributed by atoms with Gasteiger partial charge in [0.05, 0.1) is 15.1 Å². The van der Waals surface area contributed by atoms with E-state index in [0.717, 1.165) is 21.3 Å². The van der Waals surface area contributed by atoms with Gasteiger partial charge in [-0.2, -0.15) is 0 Å². The molecule has 1 aromatic heterocycles. The molecule has 0 bridgehead atoms. The number of aliphatic hydroxyl groups is 1. The third-order valence-electron chi connectivity index (χ3n) is 3.18. The van der Waals surface area contributed by atoms with Gasteiger partial charge < -0.3 is 10.0 Å². The van der Waals surface area contributed by atoms with E-state index in [9.17, 15) is 4.79 Å². The molecular weight excluding hydrogens is 349 g/mol. The number of hydrogen-bond acceptors (Lipinski definition) is 3. The number of rotatable bonds is 4. The van der Waals surface area contributed by atoms with Crippen molar-refractivity contribution < 1.29 is 9.90 Å². The predicted molar refractivity (Wildman–Crippen MR) is 77.4 cm³/mol. The Morgan fingerprint density at radius 2 is 2.24 bits per heavy atom. The summed E-state index contributed by atoms with van der Waals surface area (Å²) in [6.45, 7) is 0.499. The number of thiophene rings is 1. The Kier molecular flexibility index (Phi) is 4.81. The lowest BCUT2D eigenvalue weighted by Gasteiger charge is -2.28. The quantitative estimate of drug-likeness (QED) is 0.834. The van der Waals surface area contributed by atoms with Gasteiger partial charge in [0.25, 0.3) is 5.91 Å². The number of carbonyl (C=O) groups is 1. The van der Waals surface area contributed by atoms with E-state index >= 15 is 0 Å². The number of hydrogen-bond donors (Lipinski definition) is 1. The van der Waals surface area contributed by atoms with Gasteiger partial charge in [-0.3, -0.25) is 4.79 Å². The molecule has 1 aliphatic carbocycles. The average Bonchev–Trinajstić information content (AvgIpc) is 2.95. The summed E-state index contributed by atoms with van der Waals surface area (Å²) in [6.07, 6.45) is 4.54. The molecule has 1 N–H and O–H groups in total. The zero-order valence-electron chi connectivity index (χ0n) is 9.56. The summed E-state index contributed by atoms with van der Waals surface area (Å²) >= 11 is 3.81. The van der Waals surface area contributed by atoms with Gasteiger partial charge in [-0.1, -0.05) is 12.8 Å². The van der Waals surface area contributed by atoms with Crippen molar-refractivity contribution in [1.82, 2.24) is 4.90 Å². The van der Waals surface area contributed by atoms with E-state index in [2.05, 4.69) is 22.6 Å². The van der Waals surface area contributed by atoms with Crippen LogP contribution in [0.4, 0.5) is 0 Å². The van der Waals surface area contributed by atoms with Crippen LogP contribution in [0, 0.1) is 2.88 Å². The molecule has 0 atom stereocenters. The molecule has 0 radical (unpaired) electrons. The average molecular weight is 365 g/mol. The van der Waals surface area contributed by atoms with E-state index in [1.165, 1.54) is 12.8 Å². The van der Waals surface area contributed by atoms with Crippen LogP contribution >= 0.6 is 33.9 Å². The Labute approximate surface area is 119 Å². The van der Waals surface area contributed by atoms with Crippen molar-refractivity contribution in [3.63, 3.8) is 0 Å². The second-order valence-corrected chi connectivity index (χ2v) is 7.11. The van der Waals surface area contributed by atoms with Crippen LogP contribution in [-0.4, -0.2) is 35.1 Å². The Morgan fingerprint density at radius 3 is 2.76 bits per heavy atom. The number of aliphatic hydroxyl groups excluding tert-OH is 1. The zero-order valence-corrected chi connectivity index (χ0v) is 12.5. The van der Waals surface area contributed by atoms with Crippen LogP contribution in [0.5, 0.6) is 0 Å². The molecule has 1 saturated carbocycles. The first kappa shape index (κ1) is 13.3. The van der Waals surface area contributed by atoms with Crippen molar-refractivity contribution in [2.75, 3.05) is 13.2 Å². The van der Waals surface area contributed by atoms with Gasteiger partial charge in [-0.05, 0) is 41.5 Å². The normalized spacial score (nSPS) is 16.4. The van der Waals surface area contributed by atoms with Crippen LogP contribution < -0.4 is 0 Å². The fourth-order valence-electron chi connectivity index (χ4n) is 2.36. The van der Waals surface area contributed by atoms with Crippen molar-refractivity contribution in [1.29, 1.82) is 0 Å². The Balaban J connectivity index is 2.12. The molecule has 94 valence electrons. The molecule has 1 aromatic rings. The van der Waals surface area contributed by atoms with Crippen molar-refractivity contribution in [2.45, 2.75) is 31.7 Å². The maximum absolute atomic E-state index is 12.4. The molecule has 0 unspecified atom stereocenters. The van der Waals surface area contributed by atoms with E-state index in [-0.39, 0.29) is 12.5 Å². The van der Waals surface area contributed by atoms with Gasteiger partial charge in [-0.15, -0.1) is 11.3 Å². The van der Waals surface area contributed by atoms with Gasteiger partial charge in [0.2, 0.25) is 0 Å². The molecule has 0 aromatic carbocycles. The molecule has 17 heavy (non-hydrogen) atoms. The second-order valence-electron chi connectivity index (χ2n) is 4.30. The Hall–Kier alpha value is -0.140. The predicted octanol–water partition coefficient (Wildman–Crippen LogP) is 2.73. The summed E-state index contributed by atoms with van der Waals surface area (Å²) < 4.78 is 1.13. The molecule has 5 heteroatoms. The lowest BCUT2D eigenvalue weighted by molar-refractivity contribution is 0.0638. The van der Waals surface area contributed by atoms with Gasteiger partial charge in [0.1, 0.15) is 0 Å². The summed E-state index contributed by atoms with van der Waals surface area (Å²) in [6, 6.07) is 2.25. The highest BCUT2D eigenvalue weighted by Gasteiger charge is 2.27. The summed E-state index contributed by atoms with van der Waals surface area (Å²) in [5.74, 6) is 0.0742. The van der Waals surface area contributed by atoms with Crippen molar-refractivity contribution in [3.05, 3.63) is 19.9 Å². The highest BCUT2D eigenvalue weighted by atomic mass is 127. The first-order valence-corrected chi connectivity index (χ1v) is 7.84. The summed E-state index contributed by atoms with van der Waals surface area (Å²) in [7, 11) is 0. The molecule has 1 aliphatic rings. The van der Waals surface area contributed by atoms with Gasteiger partial charge in [0.15, 0.2) is 0 Å². The fourth-order valence-corrected chi connectivity index (χ4v) is 3.68. The largest absolute Gasteiger partial charge is 0.395 e. The summed E-state index contributed by atoms with van der Waals surface area (Å²) in [5.41, 5.74) is 0.764. The SMILES string of the molecule is O=C(c1csc(I)c1)N(CCO)C1CCCC1. The lowest BCUT2D eigenvalue weighted by Crippen LogP contribution is -2.40. The highest BCUT2D eigenvalue weighted by molar-refractivity contribution is 14.1. The van der Waals surface area contributed by atoms with Crippen LogP contribution in [0.25, 0.3) is 0 Å². The van der Waals surface area contributed by atoms with Gasteiger partial charge >= 0.3 is 0 Å². The zero-order chi connectivity index (χ0) is 12.3. The van der Waals surface area contributed by atoms with Gasteiger partial charge in [-0.25, -0.2) is 0 Å². The Morgan fingerprint density at radius 1 is 1.53 bits per heavy atom. The molecule has 1 amide bonds. The van der Waals surface area contributed by atoms with Crippen LogP contribution in [-0.2, 0) is 0 Å². The number of halogens is 1. The van der Waals surface area contributed by atoms with E-state index in [0.29, 0.717) is 12.6 Å². The third kappa shape index (κ3) is 3.20. The number of carbonyl (C=O) groups excluding carboxylic acids is 1. The molecule has 0 saturated heterocycles. The standard InChI is InChI=1S/C12H16INO2S/c13-11-7-9(8-17-11)12(16)14(5-6-15)10-3-1-2-4-10/h7-8,10,15H,1-6H2. The lowest BCUT2D eigenvalue weighted by atomic mass is 10.2. The number of amides is 1. The van der Waals surface area contributed by atoms with Crippen molar-refractivity contribution in [3.8, 4) is 0 Å². The number of nitrogens with zero attached hydrogens (tertiary/aromatic N) is 1. The van der Waals surface area contributed by atoms with E-state index in [4.69, 9.17) is 5.11 Å². The maximum Gasteiger partial charge on any atom is 0.255 e. The minimum absolute atomic E-state index is 0.0451. The van der Waals surface area contributed by atoms with Crippen LogP contribution in [0.2, 0.25) is 0 Å². The molecule has 2 rings (SSSR count). The topological polar surface area (TPSA) is 40.5 Å². The van der Waals surface area contributed by atoms with Crippen molar-refractivity contribution >= 4 is 39.8 Å². The molecule has 0 aliphatic heterocycles. The maximum atomic E-state index is 12.4. The summed E-state index contributed by atoms with van der Waals surface area (Å²) in [4.78, 5) is 14.2. The monoisotopic (exact) mass is 365 g/mol. The van der Waals surface area contributed by atoms with Crippen molar-refractivity contribution in [2.24, 2.45) is 0 Å². The second kappa shape index (κ2) is 6.15. The molecule has 1 fully saturated rings. The van der Waals surface area contributed by atoms with E-state index in [1.54, 1.807) is 11.3 Å². The van der Waals surface area contributed by atoms with Gasteiger partial charge in [0, 0.05) is 18.0 Å². The van der Waals surface area contributed by atoms with Crippen LogP contribution in [0.15, 0.2) is 11.4 Å². The highest BCUT2D eigenvalue weighted by Crippen LogP contribution is 2.26. The molecule has 3 nitrogen and oxygen atoms in total. The summed E-state index contributed by atoms with van der Waals surface area (Å²) in [5, 5.41) is 11.0. The Bertz CT molecular complexity index is 388. The smallest absolute Gasteiger partial charge is 0.255 e.